The van der Waals surface area contributed by atoms with E-state index in [0.717, 1.165) is 30.1 Å². The highest BCUT2D eigenvalue weighted by atomic mass is 32.1. The average Bonchev–Trinajstić information content (AvgIpc) is 2.84. The van der Waals surface area contributed by atoms with Crippen molar-refractivity contribution in [3.8, 4) is 11.3 Å². The van der Waals surface area contributed by atoms with Crippen LogP contribution in [0.4, 0.5) is 0 Å². The van der Waals surface area contributed by atoms with Crippen molar-refractivity contribution in [3.05, 3.63) is 40.2 Å². The fraction of sp³-hybridized carbons (Fsp3) is 0.438. The van der Waals surface area contributed by atoms with Crippen LogP contribution in [0.1, 0.15) is 29.1 Å². The van der Waals surface area contributed by atoms with Crippen LogP contribution in [0.2, 0.25) is 0 Å². The van der Waals surface area contributed by atoms with Crippen LogP contribution in [0.5, 0.6) is 0 Å². The van der Waals surface area contributed by atoms with Gasteiger partial charge in [-0.2, -0.15) is 0 Å². The van der Waals surface area contributed by atoms with Crippen LogP contribution in [0.15, 0.2) is 30.3 Å². The van der Waals surface area contributed by atoms with E-state index < -0.39 is 0 Å². The van der Waals surface area contributed by atoms with Crippen molar-refractivity contribution >= 4 is 11.3 Å². The monoisotopic (exact) mass is 288 g/mol. The normalized spacial score (nSPS) is 16.9. The first-order valence-corrected chi connectivity index (χ1v) is 7.86. The topological polar surface area (TPSA) is 34.1 Å². The molecule has 2 aromatic rings. The summed E-state index contributed by atoms with van der Waals surface area (Å²) >= 11 is 1.79. The van der Waals surface area contributed by atoms with Crippen molar-refractivity contribution < 1.29 is 4.74 Å². The van der Waals surface area contributed by atoms with E-state index in [2.05, 4.69) is 29.6 Å². The zero-order chi connectivity index (χ0) is 14.0. The molecule has 0 spiro atoms. The molecule has 0 unspecified atom stereocenters. The van der Waals surface area contributed by atoms with Crippen molar-refractivity contribution in [2.24, 2.45) is 0 Å². The fourth-order valence-electron chi connectivity index (χ4n) is 2.65. The van der Waals surface area contributed by atoms with Gasteiger partial charge in [0.1, 0.15) is 10.6 Å². The van der Waals surface area contributed by atoms with E-state index in [0.29, 0.717) is 0 Å². The molecule has 106 valence electrons. The second-order valence-corrected chi connectivity index (χ2v) is 6.32. The smallest absolute Gasteiger partial charge is 0.126 e. The van der Waals surface area contributed by atoms with E-state index >= 15 is 0 Å². The number of thiazole rings is 1. The largest absolute Gasteiger partial charge is 0.371 e. The number of ether oxygens (including phenoxy) is 1. The SMILES string of the molecule is CNCc1sc(C2(OC)CCC2)nc1-c1ccccc1. The summed E-state index contributed by atoms with van der Waals surface area (Å²) in [5.74, 6) is 0. The molecule has 0 saturated heterocycles. The minimum absolute atomic E-state index is 0.125. The van der Waals surface area contributed by atoms with Crippen LogP contribution >= 0.6 is 11.3 Å². The number of hydrogen-bond donors (Lipinski definition) is 1. The van der Waals surface area contributed by atoms with Gasteiger partial charge in [0.2, 0.25) is 0 Å². The van der Waals surface area contributed by atoms with Crippen LogP contribution in [-0.4, -0.2) is 19.1 Å². The molecule has 0 bridgehead atoms. The van der Waals surface area contributed by atoms with Gasteiger partial charge in [-0.1, -0.05) is 30.3 Å². The van der Waals surface area contributed by atoms with Gasteiger partial charge in [0, 0.05) is 24.1 Å². The molecule has 4 heteroatoms. The van der Waals surface area contributed by atoms with Gasteiger partial charge in [0.15, 0.2) is 0 Å². The molecule has 1 fully saturated rings. The maximum atomic E-state index is 5.77. The summed E-state index contributed by atoms with van der Waals surface area (Å²) in [4.78, 5) is 6.21. The Kier molecular flexibility index (Phi) is 3.87. The predicted molar refractivity (Wildman–Crippen MR) is 82.9 cm³/mol. The lowest BCUT2D eigenvalue weighted by Gasteiger charge is -2.38. The van der Waals surface area contributed by atoms with Gasteiger partial charge in [-0.05, 0) is 26.3 Å². The van der Waals surface area contributed by atoms with Crippen molar-refractivity contribution in [2.75, 3.05) is 14.2 Å². The van der Waals surface area contributed by atoms with Crippen LogP contribution in [-0.2, 0) is 16.9 Å². The minimum atomic E-state index is -0.125. The summed E-state index contributed by atoms with van der Waals surface area (Å²) in [5, 5.41) is 4.38. The molecule has 20 heavy (non-hydrogen) atoms. The molecule has 1 N–H and O–H groups in total. The Morgan fingerprint density at radius 2 is 2.05 bits per heavy atom. The van der Waals surface area contributed by atoms with Crippen LogP contribution < -0.4 is 5.32 Å². The van der Waals surface area contributed by atoms with Gasteiger partial charge >= 0.3 is 0 Å². The number of nitrogens with zero attached hydrogens (tertiary/aromatic N) is 1. The highest BCUT2D eigenvalue weighted by Gasteiger charge is 2.42. The molecular weight excluding hydrogens is 268 g/mol. The lowest BCUT2D eigenvalue weighted by atomic mass is 9.80. The minimum Gasteiger partial charge on any atom is -0.371 e. The molecule has 1 aromatic heterocycles. The van der Waals surface area contributed by atoms with Crippen molar-refractivity contribution in [1.29, 1.82) is 0 Å². The van der Waals surface area contributed by atoms with E-state index in [-0.39, 0.29) is 5.60 Å². The quantitative estimate of drug-likeness (QED) is 0.913. The third kappa shape index (κ3) is 2.28. The van der Waals surface area contributed by atoms with Crippen LogP contribution in [0.3, 0.4) is 0 Å². The lowest BCUT2D eigenvalue weighted by Crippen LogP contribution is -2.35. The van der Waals surface area contributed by atoms with Crippen molar-refractivity contribution in [2.45, 2.75) is 31.4 Å². The molecule has 1 aromatic carbocycles. The Balaban J connectivity index is 2.03. The van der Waals surface area contributed by atoms with E-state index in [9.17, 15) is 0 Å². The molecule has 1 heterocycles. The summed E-state index contributed by atoms with van der Waals surface area (Å²) in [6, 6.07) is 10.4. The summed E-state index contributed by atoms with van der Waals surface area (Å²) in [6.45, 7) is 0.849. The standard InChI is InChI=1S/C16H20N2OS/c1-17-11-13-14(12-7-4-3-5-8-12)18-15(20-13)16(19-2)9-6-10-16/h3-5,7-8,17H,6,9-11H2,1-2H3. The summed E-state index contributed by atoms with van der Waals surface area (Å²) in [7, 11) is 3.78. The third-order valence-corrected chi connectivity index (χ3v) is 5.26. The first kappa shape index (κ1) is 13.7. The Bertz CT molecular complexity index is 570. The number of aromatic nitrogens is 1. The number of benzene rings is 1. The molecule has 3 rings (SSSR count). The second-order valence-electron chi connectivity index (χ2n) is 5.24. The van der Waals surface area contributed by atoms with Crippen LogP contribution in [0, 0.1) is 0 Å². The molecule has 0 radical (unpaired) electrons. The van der Waals surface area contributed by atoms with Gasteiger partial charge in [0.05, 0.1) is 5.69 Å². The molecule has 0 amide bonds. The molecule has 1 aliphatic carbocycles. The van der Waals surface area contributed by atoms with E-state index in [1.807, 2.05) is 13.1 Å². The van der Waals surface area contributed by atoms with Crippen molar-refractivity contribution in [1.82, 2.24) is 10.3 Å². The van der Waals surface area contributed by atoms with Gasteiger partial charge in [0.25, 0.3) is 0 Å². The second kappa shape index (κ2) is 5.64. The molecule has 1 saturated carbocycles. The zero-order valence-corrected chi connectivity index (χ0v) is 12.8. The first-order chi connectivity index (χ1) is 9.79. The molecule has 1 aliphatic rings. The fourth-order valence-corrected chi connectivity index (χ4v) is 3.97. The predicted octanol–water partition coefficient (Wildman–Crippen LogP) is 3.56. The Morgan fingerprint density at radius 1 is 1.30 bits per heavy atom. The molecular formula is C16H20N2OS. The number of hydrogen-bond acceptors (Lipinski definition) is 4. The average molecular weight is 288 g/mol. The summed E-state index contributed by atoms with van der Waals surface area (Å²) < 4.78 is 5.77. The third-order valence-electron chi connectivity index (χ3n) is 4.02. The Morgan fingerprint density at radius 3 is 2.60 bits per heavy atom. The molecule has 3 nitrogen and oxygen atoms in total. The van der Waals surface area contributed by atoms with Crippen LogP contribution in [0.25, 0.3) is 11.3 Å². The number of methoxy groups -OCH3 is 1. The summed E-state index contributed by atoms with van der Waals surface area (Å²) in [6.07, 6.45) is 3.41. The van der Waals surface area contributed by atoms with Gasteiger partial charge < -0.3 is 10.1 Å². The van der Waals surface area contributed by atoms with E-state index in [1.165, 1.54) is 16.9 Å². The maximum absolute atomic E-state index is 5.77. The highest BCUT2D eigenvalue weighted by Crippen LogP contribution is 2.47. The van der Waals surface area contributed by atoms with Gasteiger partial charge in [-0.25, -0.2) is 4.98 Å². The van der Waals surface area contributed by atoms with Crippen molar-refractivity contribution in [3.63, 3.8) is 0 Å². The zero-order valence-electron chi connectivity index (χ0n) is 12.0. The highest BCUT2D eigenvalue weighted by molar-refractivity contribution is 7.12. The maximum Gasteiger partial charge on any atom is 0.126 e. The Labute approximate surface area is 124 Å². The van der Waals surface area contributed by atoms with Gasteiger partial charge in [-0.15, -0.1) is 11.3 Å². The Hall–Kier alpha value is -1.23. The summed E-state index contributed by atoms with van der Waals surface area (Å²) in [5.41, 5.74) is 2.16. The molecule has 0 atom stereocenters. The number of rotatable bonds is 5. The van der Waals surface area contributed by atoms with E-state index in [4.69, 9.17) is 9.72 Å². The van der Waals surface area contributed by atoms with Gasteiger partial charge in [-0.3, -0.25) is 0 Å². The van der Waals surface area contributed by atoms with E-state index in [1.54, 1.807) is 18.4 Å². The first-order valence-electron chi connectivity index (χ1n) is 7.04. The lowest BCUT2D eigenvalue weighted by molar-refractivity contribution is -0.0778. The number of nitrogens with one attached hydrogen (secondary N) is 1. The molecule has 0 aliphatic heterocycles.